The first-order chi connectivity index (χ1) is 9.04. The molecule has 0 aliphatic carbocycles. The highest BCUT2D eigenvalue weighted by atomic mass is 16.5. The summed E-state index contributed by atoms with van der Waals surface area (Å²) in [5.41, 5.74) is 0.829. The number of ether oxygens (including phenoxy) is 1. The molecule has 2 aromatic rings. The van der Waals surface area contributed by atoms with Gasteiger partial charge >= 0.3 is 5.97 Å². The van der Waals surface area contributed by atoms with Crippen molar-refractivity contribution in [3.05, 3.63) is 39.7 Å². The van der Waals surface area contributed by atoms with Gasteiger partial charge in [-0.25, -0.2) is 4.79 Å². The Morgan fingerprint density at radius 1 is 1.37 bits per heavy atom. The van der Waals surface area contributed by atoms with Crippen LogP contribution < -0.4 is 10.3 Å². The Balaban J connectivity index is 2.51. The Morgan fingerprint density at radius 2 is 2.11 bits per heavy atom. The standard InChI is InChI=1S/C13H14N2O4/c1-3-19-9-5-4-8(6-7(9)2)11-10(13(17)18)12(16)15-14-11/h4-6H,3H2,1-2H3,(H,17,18)(H2,14,15,16). The van der Waals surface area contributed by atoms with Gasteiger partial charge in [0.25, 0.3) is 5.56 Å². The van der Waals surface area contributed by atoms with Gasteiger partial charge < -0.3 is 9.84 Å². The fourth-order valence-corrected chi connectivity index (χ4v) is 1.90. The molecule has 0 radical (unpaired) electrons. The molecule has 2 rings (SSSR count). The van der Waals surface area contributed by atoms with E-state index in [2.05, 4.69) is 10.2 Å². The molecule has 0 aliphatic heterocycles. The minimum absolute atomic E-state index is 0.267. The Bertz CT molecular complexity index is 670. The minimum atomic E-state index is -1.26. The zero-order valence-electron chi connectivity index (χ0n) is 10.6. The van der Waals surface area contributed by atoms with Gasteiger partial charge in [-0.05, 0) is 37.6 Å². The van der Waals surface area contributed by atoms with Crippen LogP contribution in [0.2, 0.25) is 0 Å². The lowest BCUT2D eigenvalue weighted by Gasteiger charge is -2.08. The average Bonchev–Trinajstić information content (AvgIpc) is 2.74. The molecule has 0 amide bonds. The van der Waals surface area contributed by atoms with Gasteiger partial charge in [0.2, 0.25) is 0 Å². The lowest BCUT2D eigenvalue weighted by atomic mass is 10.0. The molecule has 0 unspecified atom stereocenters. The molecule has 19 heavy (non-hydrogen) atoms. The largest absolute Gasteiger partial charge is 0.494 e. The van der Waals surface area contributed by atoms with Gasteiger partial charge in [-0.15, -0.1) is 0 Å². The fourth-order valence-electron chi connectivity index (χ4n) is 1.90. The third-order valence-electron chi connectivity index (χ3n) is 2.76. The lowest BCUT2D eigenvalue weighted by molar-refractivity contribution is 0.0696. The Hall–Kier alpha value is -2.50. The zero-order chi connectivity index (χ0) is 14.0. The summed E-state index contributed by atoms with van der Waals surface area (Å²) in [5, 5.41) is 13.9. The van der Waals surface area contributed by atoms with E-state index in [1.165, 1.54) is 0 Å². The van der Waals surface area contributed by atoms with Gasteiger partial charge in [0.05, 0.1) is 12.3 Å². The molecule has 0 atom stereocenters. The number of hydrogen-bond acceptors (Lipinski definition) is 3. The van der Waals surface area contributed by atoms with Crippen LogP contribution in [0.5, 0.6) is 5.75 Å². The van der Waals surface area contributed by atoms with Crippen LogP contribution in [0.4, 0.5) is 0 Å². The van der Waals surface area contributed by atoms with E-state index < -0.39 is 11.5 Å². The third kappa shape index (κ3) is 2.37. The van der Waals surface area contributed by atoms with E-state index in [1.54, 1.807) is 18.2 Å². The summed E-state index contributed by atoms with van der Waals surface area (Å²) in [6, 6.07) is 5.24. The van der Waals surface area contributed by atoms with Crippen molar-refractivity contribution in [1.82, 2.24) is 10.2 Å². The number of benzene rings is 1. The number of aromatic nitrogens is 2. The van der Waals surface area contributed by atoms with Crippen LogP contribution in [0, 0.1) is 6.92 Å². The fraction of sp³-hybridized carbons (Fsp3) is 0.231. The monoisotopic (exact) mass is 262 g/mol. The first-order valence-electron chi connectivity index (χ1n) is 5.82. The molecule has 3 N–H and O–H groups in total. The molecule has 0 saturated heterocycles. The minimum Gasteiger partial charge on any atom is -0.494 e. The highest BCUT2D eigenvalue weighted by Gasteiger charge is 2.18. The number of hydrogen-bond donors (Lipinski definition) is 3. The van der Waals surface area contributed by atoms with Crippen molar-refractivity contribution in [1.29, 1.82) is 0 Å². The number of nitrogens with one attached hydrogen (secondary N) is 2. The van der Waals surface area contributed by atoms with E-state index in [-0.39, 0.29) is 11.3 Å². The van der Waals surface area contributed by atoms with Crippen molar-refractivity contribution in [3.63, 3.8) is 0 Å². The van der Waals surface area contributed by atoms with Gasteiger partial charge in [-0.1, -0.05) is 0 Å². The number of carboxylic acid groups (broad SMARTS) is 1. The SMILES string of the molecule is CCOc1ccc(-c2[nH][nH]c(=O)c2C(=O)O)cc1C. The predicted octanol–water partition coefficient (Wildman–Crippen LogP) is 1.78. The van der Waals surface area contributed by atoms with Gasteiger partial charge in [-0.2, -0.15) is 0 Å². The summed E-state index contributed by atoms with van der Waals surface area (Å²) in [5.74, 6) is -0.523. The van der Waals surface area contributed by atoms with E-state index in [9.17, 15) is 9.59 Å². The molecule has 0 aliphatic rings. The Labute approximate surface area is 109 Å². The van der Waals surface area contributed by atoms with Gasteiger partial charge in [0, 0.05) is 5.56 Å². The van der Waals surface area contributed by atoms with Crippen molar-refractivity contribution in [2.75, 3.05) is 6.61 Å². The quantitative estimate of drug-likeness (QED) is 0.782. The number of carbonyl (C=O) groups is 1. The van der Waals surface area contributed by atoms with Crippen LogP contribution >= 0.6 is 0 Å². The summed E-state index contributed by atoms with van der Waals surface area (Å²) >= 11 is 0. The highest BCUT2D eigenvalue weighted by Crippen LogP contribution is 2.26. The van der Waals surface area contributed by atoms with Crippen LogP contribution in [0.1, 0.15) is 22.8 Å². The maximum Gasteiger partial charge on any atom is 0.343 e. The smallest absolute Gasteiger partial charge is 0.343 e. The van der Waals surface area contributed by atoms with Crippen LogP contribution in [0.25, 0.3) is 11.3 Å². The van der Waals surface area contributed by atoms with Crippen LogP contribution in [0.3, 0.4) is 0 Å². The Kier molecular flexibility index (Phi) is 3.41. The zero-order valence-corrected chi connectivity index (χ0v) is 10.6. The molecule has 0 spiro atoms. The molecule has 1 aromatic carbocycles. The van der Waals surface area contributed by atoms with Crippen molar-refractivity contribution in [3.8, 4) is 17.0 Å². The molecule has 100 valence electrons. The number of aromatic carboxylic acids is 1. The molecular formula is C13H14N2O4. The molecule has 6 heteroatoms. The van der Waals surface area contributed by atoms with E-state index in [4.69, 9.17) is 9.84 Å². The van der Waals surface area contributed by atoms with E-state index in [1.807, 2.05) is 13.8 Å². The number of rotatable bonds is 4. The predicted molar refractivity (Wildman–Crippen MR) is 69.7 cm³/mol. The second kappa shape index (κ2) is 5.01. The Morgan fingerprint density at radius 3 is 2.68 bits per heavy atom. The maximum absolute atomic E-state index is 11.4. The van der Waals surface area contributed by atoms with Gasteiger partial charge in [-0.3, -0.25) is 15.0 Å². The van der Waals surface area contributed by atoms with Gasteiger partial charge in [0.15, 0.2) is 5.56 Å². The molecule has 0 fully saturated rings. The molecule has 1 heterocycles. The summed E-state index contributed by atoms with van der Waals surface area (Å²) in [4.78, 5) is 22.5. The average molecular weight is 262 g/mol. The second-order valence-electron chi connectivity index (χ2n) is 4.05. The van der Waals surface area contributed by atoms with Crippen LogP contribution in [0.15, 0.2) is 23.0 Å². The van der Waals surface area contributed by atoms with Crippen molar-refractivity contribution >= 4 is 5.97 Å². The lowest BCUT2D eigenvalue weighted by Crippen LogP contribution is -2.12. The van der Waals surface area contributed by atoms with Crippen molar-refractivity contribution in [2.24, 2.45) is 0 Å². The molecule has 6 nitrogen and oxygen atoms in total. The van der Waals surface area contributed by atoms with Crippen LogP contribution in [-0.4, -0.2) is 27.9 Å². The topological polar surface area (TPSA) is 95.2 Å². The molecule has 0 saturated carbocycles. The second-order valence-corrected chi connectivity index (χ2v) is 4.05. The first kappa shape index (κ1) is 12.9. The molecule has 1 aromatic heterocycles. The normalized spacial score (nSPS) is 10.4. The van der Waals surface area contributed by atoms with Gasteiger partial charge in [0.1, 0.15) is 5.75 Å². The first-order valence-corrected chi connectivity index (χ1v) is 5.82. The van der Waals surface area contributed by atoms with Crippen LogP contribution in [-0.2, 0) is 0 Å². The highest BCUT2D eigenvalue weighted by molar-refractivity contribution is 5.94. The molecular weight excluding hydrogens is 248 g/mol. The number of H-pyrrole nitrogens is 2. The van der Waals surface area contributed by atoms with E-state index >= 15 is 0 Å². The number of carboxylic acids is 1. The van der Waals surface area contributed by atoms with Crippen molar-refractivity contribution in [2.45, 2.75) is 13.8 Å². The van der Waals surface area contributed by atoms with E-state index in [0.29, 0.717) is 12.2 Å². The third-order valence-corrected chi connectivity index (χ3v) is 2.76. The van der Waals surface area contributed by atoms with E-state index in [0.717, 1.165) is 11.3 Å². The number of aryl methyl sites for hydroxylation is 1. The summed E-state index contributed by atoms with van der Waals surface area (Å²) in [6.45, 7) is 4.31. The summed E-state index contributed by atoms with van der Waals surface area (Å²) in [7, 11) is 0. The summed E-state index contributed by atoms with van der Waals surface area (Å²) < 4.78 is 5.41. The summed E-state index contributed by atoms with van der Waals surface area (Å²) in [6.07, 6.45) is 0. The van der Waals surface area contributed by atoms with Crippen molar-refractivity contribution < 1.29 is 14.6 Å². The number of aromatic amines is 2. The maximum atomic E-state index is 11.4. The molecule has 0 bridgehead atoms.